The van der Waals surface area contributed by atoms with Gasteiger partial charge in [0.25, 0.3) is 0 Å². The molecule has 2 aromatic carbocycles. The van der Waals surface area contributed by atoms with E-state index in [1.54, 1.807) is 6.20 Å². The van der Waals surface area contributed by atoms with E-state index in [1.165, 1.54) is 11.8 Å². The highest BCUT2D eigenvalue weighted by Crippen LogP contribution is 2.26. The topological polar surface area (TPSA) is 36.7 Å². The average molecular weight is 321 g/mol. The third-order valence-electron chi connectivity index (χ3n) is 3.35. The molecule has 3 aromatic rings. The van der Waals surface area contributed by atoms with E-state index in [4.69, 9.17) is 16.9 Å². The van der Waals surface area contributed by atoms with Crippen molar-refractivity contribution in [3.05, 3.63) is 89.2 Å². The molecule has 3 rings (SSSR count). The van der Waals surface area contributed by atoms with Crippen LogP contribution in [0.4, 0.5) is 0 Å². The van der Waals surface area contributed by atoms with Crippen molar-refractivity contribution in [1.82, 2.24) is 4.98 Å². The van der Waals surface area contributed by atoms with Crippen molar-refractivity contribution in [2.75, 3.05) is 0 Å². The largest absolute Gasteiger partial charge is 0.262 e. The van der Waals surface area contributed by atoms with Gasteiger partial charge in [-0.3, -0.25) is 4.98 Å². The van der Waals surface area contributed by atoms with Crippen LogP contribution in [0.5, 0.6) is 0 Å². The Morgan fingerprint density at radius 3 is 2.09 bits per heavy atom. The first-order valence-electron chi connectivity index (χ1n) is 7.39. The van der Waals surface area contributed by atoms with E-state index in [-0.39, 0.29) is 0 Å². The summed E-state index contributed by atoms with van der Waals surface area (Å²) in [6.45, 7) is 2.16. The summed E-state index contributed by atoms with van der Waals surface area (Å²) in [5.74, 6) is 0. The number of benzene rings is 2. The first-order chi connectivity index (χ1) is 11.3. The lowest BCUT2D eigenvalue weighted by atomic mass is 10.0. The number of aromatic nitrogens is 1. The Morgan fingerprint density at radius 2 is 1.57 bits per heavy atom. The van der Waals surface area contributed by atoms with Crippen LogP contribution in [0.1, 0.15) is 18.1 Å². The van der Waals surface area contributed by atoms with Crippen LogP contribution in [0, 0.1) is 11.3 Å². The third-order valence-corrected chi connectivity index (χ3v) is 3.63. The van der Waals surface area contributed by atoms with Gasteiger partial charge in [0.15, 0.2) is 0 Å². The fourth-order valence-corrected chi connectivity index (χ4v) is 2.30. The van der Waals surface area contributed by atoms with Gasteiger partial charge in [0.1, 0.15) is 6.07 Å². The van der Waals surface area contributed by atoms with Crippen LogP contribution < -0.4 is 0 Å². The summed E-state index contributed by atoms with van der Waals surface area (Å²) in [5, 5.41) is 9.39. The molecular formula is C20H17ClN2. The number of hydrogen-bond acceptors (Lipinski definition) is 2. The lowest BCUT2D eigenvalue weighted by Crippen LogP contribution is -1.87. The van der Waals surface area contributed by atoms with E-state index in [0.717, 1.165) is 17.5 Å². The van der Waals surface area contributed by atoms with Gasteiger partial charge in [-0.25, -0.2) is 0 Å². The van der Waals surface area contributed by atoms with E-state index in [1.807, 2.05) is 36.4 Å². The number of aryl methyl sites for hydroxylation is 1. The van der Waals surface area contributed by atoms with Gasteiger partial charge in [0, 0.05) is 18.0 Å². The van der Waals surface area contributed by atoms with E-state index >= 15 is 0 Å². The summed E-state index contributed by atoms with van der Waals surface area (Å²) >= 11 is 5.89. The first-order valence-corrected chi connectivity index (χ1v) is 7.77. The fraction of sp³-hybridized carbons (Fsp3) is 0.100. The number of pyridine rings is 1. The second-order valence-electron chi connectivity index (χ2n) is 4.86. The minimum atomic E-state index is 0.388. The van der Waals surface area contributed by atoms with E-state index in [0.29, 0.717) is 10.6 Å². The number of halogens is 1. The molecule has 3 heteroatoms. The zero-order chi connectivity index (χ0) is 16.5. The van der Waals surface area contributed by atoms with Crippen LogP contribution in [-0.2, 0) is 6.42 Å². The standard InChI is InChI=1S/C12H7ClN2.C8H10/c13-12-8-15-7-11(10(12)6-14)9-4-2-1-3-5-9;1-2-8-6-4-3-5-7-8/h1-5,7-8H;3-7H,2H2,1H3. The molecule has 2 nitrogen and oxygen atoms in total. The second kappa shape index (κ2) is 8.73. The van der Waals surface area contributed by atoms with Crippen molar-refractivity contribution in [2.45, 2.75) is 13.3 Å². The van der Waals surface area contributed by atoms with Gasteiger partial charge in [-0.15, -0.1) is 0 Å². The van der Waals surface area contributed by atoms with Gasteiger partial charge in [0.2, 0.25) is 0 Å². The summed E-state index contributed by atoms with van der Waals surface area (Å²) < 4.78 is 0. The fourth-order valence-electron chi connectivity index (χ4n) is 2.10. The quantitative estimate of drug-likeness (QED) is 0.623. The van der Waals surface area contributed by atoms with Crippen LogP contribution in [0.2, 0.25) is 5.02 Å². The van der Waals surface area contributed by atoms with Crippen LogP contribution in [0.3, 0.4) is 0 Å². The van der Waals surface area contributed by atoms with E-state index in [2.05, 4.69) is 42.2 Å². The van der Waals surface area contributed by atoms with Crippen molar-refractivity contribution in [3.63, 3.8) is 0 Å². The lowest BCUT2D eigenvalue weighted by molar-refractivity contribution is 1.14. The minimum absolute atomic E-state index is 0.388. The maximum atomic E-state index is 9.00. The van der Waals surface area contributed by atoms with Crippen LogP contribution >= 0.6 is 11.6 Å². The molecule has 0 atom stereocenters. The first kappa shape index (κ1) is 16.7. The predicted molar refractivity (Wildman–Crippen MR) is 95.2 cm³/mol. The number of nitrogens with zero attached hydrogens (tertiary/aromatic N) is 2. The Hall–Kier alpha value is -2.63. The van der Waals surface area contributed by atoms with Crippen molar-refractivity contribution in [3.8, 4) is 17.2 Å². The minimum Gasteiger partial charge on any atom is -0.262 e. The molecule has 0 aliphatic rings. The zero-order valence-electron chi connectivity index (χ0n) is 12.9. The molecule has 0 saturated carbocycles. The molecule has 23 heavy (non-hydrogen) atoms. The predicted octanol–water partition coefficient (Wildman–Crippen LogP) is 5.52. The Morgan fingerprint density at radius 1 is 0.957 bits per heavy atom. The number of hydrogen-bond donors (Lipinski definition) is 0. The molecule has 0 aliphatic heterocycles. The average Bonchev–Trinajstić information content (AvgIpc) is 2.63. The summed E-state index contributed by atoms with van der Waals surface area (Å²) in [4.78, 5) is 3.99. The third kappa shape index (κ3) is 4.67. The van der Waals surface area contributed by atoms with Crippen LogP contribution in [0.25, 0.3) is 11.1 Å². The summed E-state index contributed by atoms with van der Waals surface area (Å²) in [6.07, 6.45) is 4.27. The lowest BCUT2D eigenvalue weighted by Gasteiger charge is -2.03. The number of rotatable bonds is 2. The molecule has 114 valence electrons. The van der Waals surface area contributed by atoms with Gasteiger partial charge in [-0.2, -0.15) is 5.26 Å². The Kier molecular flexibility index (Phi) is 6.35. The molecular weight excluding hydrogens is 304 g/mol. The molecule has 0 bridgehead atoms. The van der Waals surface area contributed by atoms with E-state index < -0.39 is 0 Å². The monoisotopic (exact) mass is 320 g/mol. The maximum Gasteiger partial charge on any atom is 0.101 e. The van der Waals surface area contributed by atoms with Crippen molar-refractivity contribution >= 4 is 11.6 Å². The van der Waals surface area contributed by atoms with Gasteiger partial charge >= 0.3 is 0 Å². The molecule has 0 amide bonds. The maximum absolute atomic E-state index is 9.00. The van der Waals surface area contributed by atoms with Crippen LogP contribution in [-0.4, -0.2) is 4.98 Å². The Balaban J connectivity index is 0.000000203. The molecule has 1 heterocycles. The SMILES string of the molecule is CCc1ccccc1.N#Cc1c(Cl)cncc1-c1ccccc1. The summed E-state index contributed by atoms with van der Waals surface area (Å²) in [5.41, 5.74) is 3.60. The summed E-state index contributed by atoms with van der Waals surface area (Å²) in [6, 6.07) is 22.1. The van der Waals surface area contributed by atoms with Gasteiger partial charge < -0.3 is 0 Å². The highest BCUT2D eigenvalue weighted by molar-refractivity contribution is 6.32. The molecule has 0 spiro atoms. The van der Waals surface area contributed by atoms with Crippen LogP contribution in [0.15, 0.2) is 73.1 Å². The smallest absolute Gasteiger partial charge is 0.101 e. The summed E-state index contributed by atoms with van der Waals surface area (Å²) in [7, 11) is 0. The zero-order valence-corrected chi connectivity index (χ0v) is 13.7. The number of nitriles is 1. The Bertz CT molecular complexity index is 778. The molecule has 0 unspecified atom stereocenters. The molecule has 0 saturated heterocycles. The normalized spacial score (nSPS) is 9.43. The van der Waals surface area contributed by atoms with E-state index in [9.17, 15) is 0 Å². The van der Waals surface area contributed by atoms with Crippen molar-refractivity contribution < 1.29 is 0 Å². The molecule has 1 aromatic heterocycles. The second-order valence-corrected chi connectivity index (χ2v) is 5.27. The van der Waals surface area contributed by atoms with Crippen molar-refractivity contribution in [2.24, 2.45) is 0 Å². The van der Waals surface area contributed by atoms with Gasteiger partial charge in [-0.1, -0.05) is 79.2 Å². The highest BCUT2D eigenvalue weighted by atomic mass is 35.5. The van der Waals surface area contributed by atoms with Crippen molar-refractivity contribution in [1.29, 1.82) is 5.26 Å². The molecule has 0 fully saturated rings. The molecule has 0 aliphatic carbocycles. The molecule has 0 radical (unpaired) electrons. The van der Waals surface area contributed by atoms with Gasteiger partial charge in [-0.05, 0) is 17.5 Å². The molecule has 0 N–H and O–H groups in total. The Labute approximate surface area is 142 Å². The highest BCUT2D eigenvalue weighted by Gasteiger charge is 2.08. The van der Waals surface area contributed by atoms with Gasteiger partial charge in [0.05, 0.1) is 10.6 Å².